The molecule has 0 atom stereocenters. The number of nitrogens with two attached hydrogens (primary N) is 2. The van der Waals surface area contributed by atoms with E-state index in [2.05, 4.69) is 10.3 Å². The average molecular weight is 453 g/mol. The Morgan fingerprint density at radius 2 is 1.71 bits per heavy atom. The summed E-state index contributed by atoms with van der Waals surface area (Å²) < 4.78 is 22.6. The number of amides is 1. The molecule has 158 valence electrons. The van der Waals surface area contributed by atoms with E-state index in [0.29, 0.717) is 28.4 Å². The number of primary sulfonamides is 1. The maximum Gasteiger partial charge on any atom is 0.263 e. The maximum absolute atomic E-state index is 12.7. The summed E-state index contributed by atoms with van der Waals surface area (Å²) in [6, 6.07) is 19.8. The van der Waals surface area contributed by atoms with Crippen molar-refractivity contribution < 1.29 is 13.2 Å². The zero-order valence-electron chi connectivity index (χ0n) is 16.4. The molecule has 0 aliphatic rings. The molecule has 0 saturated carbocycles. The topological polar surface area (TPSA) is 128 Å². The number of nitrogen functional groups attached to an aromatic ring is 1. The minimum Gasteiger partial charge on any atom is -0.397 e. The minimum absolute atomic E-state index is 0.0562. The van der Waals surface area contributed by atoms with Crippen LogP contribution in [0.25, 0.3) is 21.5 Å². The van der Waals surface area contributed by atoms with Crippen LogP contribution in [-0.2, 0) is 16.4 Å². The van der Waals surface area contributed by atoms with Crippen molar-refractivity contribution in [1.82, 2.24) is 10.3 Å². The predicted molar refractivity (Wildman–Crippen MR) is 123 cm³/mol. The molecule has 1 amide bonds. The largest absolute Gasteiger partial charge is 0.397 e. The lowest BCUT2D eigenvalue weighted by atomic mass is 10.1. The van der Waals surface area contributed by atoms with Gasteiger partial charge >= 0.3 is 0 Å². The quantitative estimate of drug-likeness (QED) is 0.414. The van der Waals surface area contributed by atoms with Gasteiger partial charge in [0.25, 0.3) is 5.91 Å². The van der Waals surface area contributed by atoms with Crippen LogP contribution in [0.1, 0.15) is 15.2 Å². The van der Waals surface area contributed by atoms with E-state index in [4.69, 9.17) is 10.9 Å². The number of anilines is 1. The molecule has 4 rings (SSSR count). The molecule has 2 aromatic heterocycles. The second-order valence-corrected chi connectivity index (χ2v) is 9.52. The molecular formula is C22H20N4O3S2. The van der Waals surface area contributed by atoms with Gasteiger partial charge in [-0.3, -0.25) is 4.79 Å². The first-order chi connectivity index (χ1) is 14.8. The number of carbonyl (C=O) groups is 1. The normalized spacial score (nSPS) is 11.5. The average Bonchev–Trinajstić information content (AvgIpc) is 3.10. The summed E-state index contributed by atoms with van der Waals surface area (Å²) in [5, 5.41) is 8.72. The zero-order valence-corrected chi connectivity index (χ0v) is 18.0. The van der Waals surface area contributed by atoms with Crippen molar-refractivity contribution in [3.8, 4) is 11.3 Å². The van der Waals surface area contributed by atoms with Crippen LogP contribution in [0, 0.1) is 0 Å². The van der Waals surface area contributed by atoms with Crippen molar-refractivity contribution in [2.45, 2.75) is 11.3 Å². The Labute approximate surface area is 183 Å². The highest BCUT2D eigenvalue weighted by Crippen LogP contribution is 2.34. The molecule has 0 bridgehead atoms. The van der Waals surface area contributed by atoms with E-state index in [1.807, 2.05) is 42.5 Å². The number of sulfonamides is 1. The lowest BCUT2D eigenvalue weighted by Gasteiger charge is -2.05. The number of nitrogens with one attached hydrogen (secondary N) is 1. The van der Waals surface area contributed by atoms with Gasteiger partial charge < -0.3 is 11.1 Å². The molecule has 5 N–H and O–H groups in total. The van der Waals surface area contributed by atoms with Gasteiger partial charge in [-0.2, -0.15) is 0 Å². The maximum atomic E-state index is 12.7. The number of nitrogens with zero attached hydrogens (tertiary/aromatic N) is 1. The molecule has 0 aliphatic heterocycles. The number of fused-ring (bicyclic) bond motifs is 1. The molecule has 2 aromatic carbocycles. The Morgan fingerprint density at radius 1 is 1.00 bits per heavy atom. The van der Waals surface area contributed by atoms with Gasteiger partial charge in [0.2, 0.25) is 10.0 Å². The highest BCUT2D eigenvalue weighted by molar-refractivity contribution is 7.89. The molecule has 4 aromatic rings. The van der Waals surface area contributed by atoms with Crippen LogP contribution in [0.3, 0.4) is 0 Å². The van der Waals surface area contributed by atoms with Gasteiger partial charge in [-0.15, -0.1) is 11.3 Å². The fourth-order valence-electron chi connectivity index (χ4n) is 3.18. The lowest BCUT2D eigenvalue weighted by molar-refractivity contribution is 0.0959. The molecule has 0 aliphatic carbocycles. The SMILES string of the molecule is Nc1c(C(=O)NCCc2ccc(S(N)(=O)=O)cc2)sc2nc(-c3ccccc3)ccc12. The molecule has 7 nitrogen and oxygen atoms in total. The first-order valence-electron chi connectivity index (χ1n) is 9.47. The molecule has 9 heteroatoms. The van der Waals surface area contributed by atoms with Crippen LogP contribution < -0.4 is 16.2 Å². The Bertz CT molecular complexity index is 1350. The van der Waals surface area contributed by atoms with E-state index in [1.54, 1.807) is 12.1 Å². The summed E-state index contributed by atoms with van der Waals surface area (Å²) in [5.41, 5.74) is 9.33. The molecule has 0 radical (unpaired) electrons. The summed E-state index contributed by atoms with van der Waals surface area (Å²) in [6.07, 6.45) is 0.540. The van der Waals surface area contributed by atoms with Gasteiger partial charge in [0.15, 0.2) is 0 Å². The van der Waals surface area contributed by atoms with E-state index >= 15 is 0 Å². The second-order valence-electron chi connectivity index (χ2n) is 6.95. The molecule has 0 fully saturated rings. The van der Waals surface area contributed by atoms with Crippen LogP contribution in [-0.4, -0.2) is 25.9 Å². The Balaban J connectivity index is 1.46. The Hall–Kier alpha value is -3.27. The van der Waals surface area contributed by atoms with E-state index in [1.165, 1.54) is 23.5 Å². The van der Waals surface area contributed by atoms with Crippen LogP contribution >= 0.6 is 11.3 Å². The summed E-state index contributed by atoms with van der Waals surface area (Å²) in [6.45, 7) is 0.379. The predicted octanol–water partition coefficient (Wildman–Crippen LogP) is 3.17. The van der Waals surface area contributed by atoms with Gasteiger partial charge in [-0.05, 0) is 36.2 Å². The lowest BCUT2D eigenvalue weighted by Crippen LogP contribution is -2.25. The van der Waals surface area contributed by atoms with Crippen LogP contribution in [0.5, 0.6) is 0 Å². The highest BCUT2D eigenvalue weighted by atomic mass is 32.2. The van der Waals surface area contributed by atoms with Gasteiger partial charge in [0.05, 0.1) is 16.3 Å². The van der Waals surface area contributed by atoms with Crippen molar-refractivity contribution in [3.63, 3.8) is 0 Å². The number of pyridine rings is 1. The first-order valence-corrected chi connectivity index (χ1v) is 11.8. The van der Waals surface area contributed by atoms with Gasteiger partial charge in [0, 0.05) is 17.5 Å². The van der Waals surface area contributed by atoms with Crippen molar-refractivity contribution in [3.05, 3.63) is 77.2 Å². The van der Waals surface area contributed by atoms with E-state index < -0.39 is 10.0 Å². The van der Waals surface area contributed by atoms with Crippen LogP contribution in [0.2, 0.25) is 0 Å². The van der Waals surface area contributed by atoms with E-state index in [-0.39, 0.29) is 10.8 Å². The summed E-state index contributed by atoms with van der Waals surface area (Å²) in [4.78, 5) is 18.5. The number of aromatic nitrogens is 1. The number of carbonyl (C=O) groups excluding carboxylic acids is 1. The first kappa shape index (κ1) is 21.0. The van der Waals surface area contributed by atoms with E-state index in [0.717, 1.165) is 22.2 Å². The zero-order chi connectivity index (χ0) is 22.0. The van der Waals surface area contributed by atoms with Crippen molar-refractivity contribution in [2.75, 3.05) is 12.3 Å². The summed E-state index contributed by atoms with van der Waals surface area (Å²) in [7, 11) is -3.72. The molecule has 31 heavy (non-hydrogen) atoms. The van der Waals surface area contributed by atoms with Gasteiger partial charge in [0.1, 0.15) is 9.71 Å². The molecule has 0 spiro atoms. The van der Waals surface area contributed by atoms with E-state index in [9.17, 15) is 13.2 Å². The number of rotatable bonds is 6. The van der Waals surface area contributed by atoms with Gasteiger partial charge in [-0.25, -0.2) is 18.5 Å². The fraction of sp³-hybridized carbons (Fsp3) is 0.0909. The van der Waals surface area contributed by atoms with Crippen molar-refractivity contribution >= 4 is 43.2 Å². The van der Waals surface area contributed by atoms with Crippen LogP contribution in [0.4, 0.5) is 5.69 Å². The molecule has 0 unspecified atom stereocenters. The van der Waals surface area contributed by atoms with Gasteiger partial charge in [-0.1, -0.05) is 42.5 Å². The summed E-state index contributed by atoms with van der Waals surface area (Å²) in [5.74, 6) is -0.261. The smallest absolute Gasteiger partial charge is 0.263 e. The molecule has 2 heterocycles. The third-order valence-electron chi connectivity index (χ3n) is 4.82. The monoisotopic (exact) mass is 452 g/mol. The molecular weight excluding hydrogens is 432 g/mol. The highest BCUT2D eigenvalue weighted by Gasteiger charge is 2.17. The number of thiophene rings is 1. The third kappa shape index (κ3) is 4.58. The minimum atomic E-state index is -3.72. The molecule has 0 saturated heterocycles. The Kier molecular flexibility index (Phi) is 5.73. The third-order valence-corrected chi connectivity index (χ3v) is 6.86. The number of hydrogen-bond acceptors (Lipinski definition) is 6. The standard InChI is InChI=1S/C22H20N4O3S2/c23-19-17-10-11-18(15-4-2-1-3-5-15)26-22(17)30-20(19)21(27)25-13-12-14-6-8-16(9-7-14)31(24,28)29/h1-11H,12-13,23H2,(H,25,27)(H2,24,28,29). The second kappa shape index (κ2) is 8.46. The van der Waals surface area contributed by atoms with Crippen molar-refractivity contribution in [2.24, 2.45) is 5.14 Å². The number of benzene rings is 2. The summed E-state index contributed by atoms with van der Waals surface area (Å²) >= 11 is 1.26. The van der Waals surface area contributed by atoms with Crippen molar-refractivity contribution in [1.29, 1.82) is 0 Å². The Morgan fingerprint density at radius 3 is 2.39 bits per heavy atom. The number of hydrogen-bond donors (Lipinski definition) is 3. The fourth-order valence-corrected chi connectivity index (χ4v) is 4.71. The van der Waals surface area contributed by atoms with Crippen LogP contribution in [0.15, 0.2) is 71.6 Å².